The van der Waals surface area contributed by atoms with Gasteiger partial charge in [-0.25, -0.2) is 0 Å². The summed E-state index contributed by atoms with van der Waals surface area (Å²) < 4.78 is 5.81. The van der Waals surface area contributed by atoms with E-state index >= 15 is 0 Å². The predicted octanol–water partition coefficient (Wildman–Crippen LogP) is 2.83. The molecule has 0 radical (unpaired) electrons. The molecule has 21 heavy (non-hydrogen) atoms. The summed E-state index contributed by atoms with van der Waals surface area (Å²) in [5, 5.41) is 3.41. The number of hydrogen-bond acceptors (Lipinski definition) is 3. The first-order valence-corrected chi connectivity index (χ1v) is 8.20. The van der Waals surface area contributed by atoms with Crippen LogP contribution in [0, 0.1) is 0 Å². The molecule has 3 nitrogen and oxygen atoms in total. The highest BCUT2D eigenvalue weighted by atomic mass is 16.5. The minimum Gasteiger partial charge on any atom is -0.494 e. The van der Waals surface area contributed by atoms with E-state index in [0.29, 0.717) is 0 Å². The van der Waals surface area contributed by atoms with Crippen molar-refractivity contribution >= 4 is 0 Å². The van der Waals surface area contributed by atoms with Crippen molar-refractivity contribution in [3.63, 3.8) is 0 Å². The van der Waals surface area contributed by atoms with Crippen LogP contribution >= 0.6 is 0 Å². The molecule has 0 saturated carbocycles. The van der Waals surface area contributed by atoms with Crippen LogP contribution in [-0.2, 0) is 11.8 Å². The van der Waals surface area contributed by atoms with Crippen LogP contribution in [0.25, 0.3) is 0 Å². The van der Waals surface area contributed by atoms with Crippen molar-refractivity contribution in [2.24, 2.45) is 0 Å². The van der Waals surface area contributed by atoms with Crippen LogP contribution in [0.1, 0.15) is 38.8 Å². The second-order valence-electron chi connectivity index (χ2n) is 6.85. The summed E-state index contributed by atoms with van der Waals surface area (Å²) >= 11 is 0. The van der Waals surface area contributed by atoms with Crippen molar-refractivity contribution in [1.29, 1.82) is 0 Å². The van der Waals surface area contributed by atoms with Crippen LogP contribution in [0.5, 0.6) is 5.75 Å². The standard InChI is InChI=1S/C18H30N2O/c1-5-21-17-7-6-16(18(2,3)4)14-15(17)8-11-20-12-9-19-10-13-20/h6-7,14,19H,5,8-13H2,1-4H3. The van der Waals surface area contributed by atoms with Gasteiger partial charge in [0.1, 0.15) is 5.75 Å². The Labute approximate surface area is 129 Å². The van der Waals surface area contributed by atoms with Crippen molar-refractivity contribution in [3.8, 4) is 5.75 Å². The van der Waals surface area contributed by atoms with Crippen LogP contribution < -0.4 is 10.1 Å². The molecular weight excluding hydrogens is 260 g/mol. The molecule has 0 atom stereocenters. The van der Waals surface area contributed by atoms with Gasteiger partial charge in [-0.1, -0.05) is 32.9 Å². The normalized spacial score (nSPS) is 17.0. The lowest BCUT2D eigenvalue weighted by Gasteiger charge is -2.28. The van der Waals surface area contributed by atoms with E-state index in [-0.39, 0.29) is 5.41 Å². The third-order valence-corrected chi connectivity index (χ3v) is 4.13. The Bertz CT molecular complexity index is 445. The maximum Gasteiger partial charge on any atom is 0.122 e. The number of hydrogen-bond donors (Lipinski definition) is 1. The fourth-order valence-corrected chi connectivity index (χ4v) is 2.75. The predicted molar refractivity (Wildman–Crippen MR) is 89.3 cm³/mol. The first-order chi connectivity index (χ1) is 10.0. The van der Waals surface area contributed by atoms with Crippen LogP contribution in [0.3, 0.4) is 0 Å². The zero-order valence-corrected chi connectivity index (χ0v) is 14.0. The van der Waals surface area contributed by atoms with Gasteiger partial charge in [0.15, 0.2) is 0 Å². The molecule has 1 aromatic rings. The van der Waals surface area contributed by atoms with Gasteiger partial charge in [-0.3, -0.25) is 0 Å². The molecule has 1 saturated heterocycles. The minimum absolute atomic E-state index is 0.189. The summed E-state index contributed by atoms with van der Waals surface area (Å²) in [6.45, 7) is 15.2. The lowest BCUT2D eigenvalue weighted by Crippen LogP contribution is -2.44. The van der Waals surface area contributed by atoms with E-state index in [1.807, 2.05) is 0 Å². The molecule has 0 aliphatic carbocycles. The van der Waals surface area contributed by atoms with E-state index in [1.165, 1.54) is 11.1 Å². The molecule has 1 aliphatic rings. The van der Waals surface area contributed by atoms with Gasteiger partial charge >= 0.3 is 0 Å². The van der Waals surface area contributed by atoms with Gasteiger partial charge in [0.25, 0.3) is 0 Å². The Morgan fingerprint density at radius 1 is 1.19 bits per heavy atom. The van der Waals surface area contributed by atoms with E-state index in [2.05, 4.69) is 56.1 Å². The number of rotatable bonds is 5. The highest BCUT2D eigenvalue weighted by Gasteiger charge is 2.17. The van der Waals surface area contributed by atoms with Crippen molar-refractivity contribution in [2.75, 3.05) is 39.3 Å². The highest BCUT2D eigenvalue weighted by Crippen LogP contribution is 2.28. The minimum atomic E-state index is 0.189. The maximum atomic E-state index is 5.81. The van der Waals surface area contributed by atoms with Gasteiger partial charge in [-0.15, -0.1) is 0 Å². The van der Waals surface area contributed by atoms with Gasteiger partial charge in [0, 0.05) is 32.7 Å². The Balaban J connectivity index is 2.09. The van der Waals surface area contributed by atoms with E-state index in [0.717, 1.165) is 51.5 Å². The highest BCUT2D eigenvalue weighted by molar-refractivity contribution is 5.40. The molecule has 1 fully saturated rings. The molecule has 0 spiro atoms. The lowest BCUT2D eigenvalue weighted by atomic mass is 9.85. The molecule has 1 heterocycles. The second-order valence-corrected chi connectivity index (χ2v) is 6.85. The largest absolute Gasteiger partial charge is 0.494 e. The quantitative estimate of drug-likeness (QED) is 0.902. The Morgan fingerprint density at radius 3 is 2.52 bits per heavy atom. The lowest BCUT2D eigenvalue weighted by molar-refractivity contribution is 0.242. The Morgan fingerprint density at radius 2 is 1.90 bits per heavy atom. The molecule has 3 heteroatoms. The third kappa shape index (κ3) is 4.72. The third-order valence-electron chi connectivity index (χ3n) is 4.13. The zero-order valence-electron chi connectivity index (χ0n) is 14.0. The number of piperazine rings is 1. The monoisotopic (exact) mass is 290 g/mol. The van der Waals surface area contributed by atoms with Gasteiger partial charge < -0.3 is 15.0 Å². The first-order valence-electron chi connectivity index (χ1n) is 8.20. The number of benzene rings is 1. The smallest absolute Gasteiger partial charge is 0.122 e. The molecule has 0 amide bonds. The molecule has 2 rings (SSSR count). The van der Waals surface area contributed by atoms with Crippen LogP contribution in [0.15, 0.2) is 18.2 Å². The average Bonchev–Trinajstić information content (AvgIpc) is 2.46. The number of nitrogens with zero attached hydrogens (tertiary/aromatic N) is 1. The van der Waals surface area contributed by atoms with Crippen molar-refractivity contribution in [3.05, 3.63) is 29.3 Å². The van der Waals surface area contributed by atoms with Crippen LogP contribution in [0.4, 0.5) is 0 Å². The number of ether oxygens (including phenoxy) is 1. The van der Waals surface area contributed by atoms with E-state index in [4.69, 9.17) is 4.74 Å². The molecule has 1 aromatic carbocycles. The average molecular weight is 290 g/mol. The zero-order chi connectivity index (χ0) is 15.3. The maximum absolute atomic E-state index is 5.81. The molecular formula is C18H30N2O. The summed E-state index contributed by atoms with van der Waals surface area (Å²) in [6.07, 6.45) is 1.07. The summed E-state index contributed by atoms with van der Waals surface area (Å²) in [4.78, 5) is 2.54. The van der Waals surface area contributed by atoms with Gasteiger partial charge in [-0.05, 0) is 36.0 Å². The van der Waals surface area contributed by atoms with Gasteiger partial charge in [0.2, 0.25) is 0 Å². The molecule has 118 valence electrons. The van der Waals surface area contributed by atoms with Gasteiger partial charge in [-0.2, -0.15) is 0 Å². The first kappa shape index (κ1) is 16.3. The Hall–Kier alpha value is -1.06. The SMILES string of the molecule is CCOc1ccc(C(C)(C)C)cc1CCN1CCNCC1. The summed E-state index contributed by atoms with van der Waals surface area (Å²) in [6, 6.07) is 6.70. The van der Waals surface area contributed by atoms with Crippen LogP contribution in [-0.4, -0.2) is 44.2 Å². The second kappa shape index (κ2) is 7.28. The molecule has 1 N–H and O–H groups in total. The van der Waals surface area contributed by atoms with E-state index in [9.17, 15) is 0 Å². The van der Waals surface area contributed by atoms with E-state index < -0.39 is 0 Å². The van der Waals surface area contributed by atoms with Crippen molar-refractivity contribution in [1.82, 2.24) is 10.2 Å². The van der Waals surface area contributed by atoms with Crippen molar-refractivity contribution in [2.45, 2.75) is 39.5 Å². The fourth-order valence-electron chi connectivity index (χ4n) is 2.75. The van der Waals surface area contributed by atoms with E-state index in [1.54, 1.807) is 0 Å². The summed E-state index contributed by atoms with van der Waals surface area (Å²) in [5.41, 5.74) is 2.93. The number of nitrogens with one attached hydrogen (secondary N) is 1. The van der Waals surface area contributed by atoms with Gasteiger partial charge in [0.05, 0.1) is 6.61 Å². The fraction of sp³-hybridized carbons (Fsp3) is 0.667. The molecule has 0 aromatic heterocycles. The molecule has 0 unspecified atom stereocenters. The summed E-state index contributed by atoms with van der Waals surface area (Å²) in [5.74, 6) is 1.06. The molecule has 1 aliphatic heterocycles. The van der Waals surface area contributed by atoms with Crippen LogP contribution in [0.2, 0.25) is 0 Å². The van der Waals surface area contributed by atoms with Crippen molar-refractivity contribution < 1.29 is 4.74 Å². The topological polar surface area (TPSA) is 24.5 Å². The summed E-state index contributed by atoms with van der Waals surface area (Å²) in [7, 11) is 0. The molecule has 0 bridgehead atoms. The Kier molecular flexibility index (Phi) is 5.65.